The van der Waals surface area contributed by atoms with E-state index in [0.29, 0.717) is 17.8 Å². The third-order valence-corrected chi connectivity index (χ3v) is 3.22. The SMILES string of the molecule is N#CC(C#N)=CNc1ccccc1C(=O)NCCCn1ccnc1. The second kappa shape index (κ2) is 8.76. The molecule has 2 N–H and O–H groups in total. The van der Waals surface area contributed by atoms with Crippen molar-refractivity contribution in [3.63, 3.8) is 0 Å². The summed E-state index contributed by atoms with van der Waals surface area (Å²) in [5.74, 6) is -0.215. The standard InChI is InChI=1S/C17H16N6O/c18-10-14(11-19)12-22-16-5-2-1-4-15(16)17(24)21-6-3-8-23-9-7-20-13-23/h1-2,4-5,7,9,12-13,22H,3,6,8H2,(H,21,24). The Kier molecular flexibility index (Phi) is 6.13. The summed E-state index contributed by atoms with van der Waals surface area (Å²) in [5, 5.41) is 23.2. The van der Waals surface area contributed by atoms with E-state index in [9.17, 15) is 4.79 Å². The van der Waals surface area contributed by atoms with Gasteiger partial charge in [-0.1, -0.05) is 12.1 Å². The van der Waals surface area contributed by atoms with Crippen LogP contribution < -0.4 is 10.6 Å². The van der Waals surface area contributed by atoms with Crippen LogP contribution in [0, 0.1) is 22.7 Å². The number of hydrogen-bond acceptors (Lipinski definition) is 5. The molecule has 0 saturated heterocycles. The van der Waals surface area contributed by atoms with Crippen molar-refractivity contribution in [3.8, 4) is 12.1 Å². The fraction of sp³-hybridized carbons (Fsp3) is 0.176. The number of nitriles is 2. The molecule has 0 aliphatic rings. The van der Waals surface area contributed by atoms with E-state index in [1.54, 1.807) is 48.9 Å². The Morgan fingerprint density at radius 1 is 1.29 bits per heavy atom. The van der Waals surface area contributed by atoms with Crippen LogP contribution in [-0.2, 0) is 6.54 Å². The predicted octanol–water partition coefficient (Wildman–Crippen LogP) is 2.05. The summed E-state index contributed by atoms with van der Waals surface area (Å²) in [5.41, 5.74) is 0.921. The van der Waals surface area contributed by atoms with E-state index >= 15 is 0 Å². The maximum Gasteiger partial charge on any atom is 0.253 e. The molecule has 1 aromatic carbocycles. The highest BCUT2D eigenvalue weighted by molar-refractivity contribution is 5.99. The van der Waals surface area contributed by atoms with Gasteiger partial charge in [-0.2, -0.15) is 10.5 Å². The number of amides is 1. The van der Waals surface area contributed by atoms with Crippen molar-refractivity contribution < 1.29 is 4.79 Å². The van der Waals surface area contributed by atoms with Crippen molar-refractivity contribution in [2.45, 2.75) is 13.0 Å². The van der Waals surface area contributed by atoms with Gasteiger partial charge in [-0.05, 0) is 18.6 Å². The molecule has 2 aromatic rings. The highest BCUT2D eigenvalue weighted by atomic mass is 16.1. The van der Waals surface area contributed by atoms with Crippen molar-refractivity contribution in [1.82, 2.24) is 14.9 Å². The van der Waals surface area contributed by atoms with Gasteiger partial charge in [0.2, 0.25) is 0 Å². The molecule has 0 unspecified atom stereocenters. The minimum Gasteiger partial charge on any atom is -0.359 e. The first-order valence-electron chi connectivity index (χ1n) is 7.34. The fourth-order valence-electron chi connectivity index (χ4n) is 2.02. The number of nitrogens with one attached hydrogen (secondary N) is 2. The number of allylic oxidation sites excluding steroid dienone is 1. The van der Waals surface area contributed by atoms with Gasteiger partial charge < -0.3 is 15.2 Å². The number of aryl methyl sites for hydroxylation is 1. The lowest BCUT2D eigenvalue weighted by Gasteiger charge is -2.10. The average molecular weight is 320 g/mol. The Morgan fingerprint density at radius 3 is 2.79 bits per heavy atom. The molecule has 24 heavy (non-hydrogen) atoms. The number of imidazole rings is 1. The summed E-state index contributed by atoms with van der Waals surface area (Å²) in [4.78, 5) is 16.2. The third kappa shape index (κ3) is 4.72. The summed E-state index contributed by atoms with van der Waals surface area (Å²) in [6.45, 7) is 1.31. The van der Waals surface area contributed by atoms with Crippen molar-refractivity contribution in [2.24, 2.45) is 0 Å². The lowest BCUT2D eigenvalue weighted by molar-refractivity contribution is 0.0953. The van der Waals surface area contributed by atoms with Gasteiger partial charge in [0, 0.05) is 31.7 Å². The Hall–Kier alpha value is -3.58. The van der Waals surface area contributed by atoms with E-state index in [4.69, 9.17) is 10.5 Å². The molecule has 0 aliphatic heterocycles. The smallest absolute Gasteiger partial charge is 0.253 e. The van der Waals surface area contributed by atoms with Gasteiger partial charge in [0.1, 0.15) is 17.7 Å². The maximum absolute atomic E-state index is 12.3. The number of nitrogens with zero attached hydrogens (tertiary/aromatic N) is 4. The van der Waals surface area contributed by atoms with Crippen molar-refractivity contribution in [1.29, 1.82) is 10.5 Å². The van der Waals surface area contributed by atoms with Crippen molar-refractivity contribution >= 4 is 11.6 Å². The molecule has 2 rings (SSSR count). The third-order valence-electron chi connectivity index (χ3n) is 3.22. The number of aromatic nitrogens is 2. The van der Waals surface area contributed by atoms with Gasteiger partial charge in [-0.25, -0.2) is 4.98 Å². The maximum atomic E-state index is 12.3. The first-order valence-corrected chi connectivity index (χ1v) is 7.34. The van der Waals surface area contributed by atoms with Gasteiger partial charge >= 0.3 is 0 Å². The molecular weight excluding hydrogens is 304 g/mol. The molecule has 0 bridgehead atoms. The molecule has 1 aromatic heterocycles. The van der Waals surface area contributed by atoms with Gasteiger partial charge in [-0.3, -0.25) is 4.79 Å². The lowest BCUT2D eigenvalue weighted by atomic mass is 10.1. The molecule has 1 amide bonds. The van der Waals surface area contributed by atoms with Gasteiger partial charge in [0.25, 0.3) is 5.91 Å². The van der Waals surface area contributed by atoms with Gasteiger partial charge in [-0.15, -0.1) is 0 Å². The summed E-state index contributed by atoms with van der Waals surface area (Å²) in [6.07, 6.45) is 7.38. The van der Waals surface area contributed by atoms with Crippen molar-refractivity contribution in [2.75, 3.05) is 11.9 Å². The monoisotopic (exact) mass is 320 g/mol. The molecular formula is C17H16N6O. The Balaban J connectivity index is 1.93. The number of anilines is 1. The van der Waals surface area contributed by atoms with Crippen molar-refractivity contribution in [3.05, 3.63) is 60.3 Å². The highest BCUT2D eigenvalue weighted by Gasteiger charge is 2.09. The van der Waals surface area contributed by atoms with Crippen LogP contribution in [0.25, 0.3) is 0 Å². The van der Waals surface area contributed by atoms with Crippen LogP contribution in [0.1, 0.15) is 16.8 Å². The topological polar surface area (TPSA) is 107 Å². The Bertz CT molecular complexity index is 779. The zero-order valence-electron chi connectivity index (χ0n) is 12.9. The number of para-hydroxylation sites is 1. The molecule has 0 spiro atoms. The van der Waals surface area contributed by atoms with E-state index in [1.807, 2.05) is 10.8 Å². The second-order valence-corrected chi connectivity index (χ2v) is 4.88. The molecule has 0 aliphatic carbocycles. The number of benzene rings is 1. The van der Waals surface area contributed by atoms with Crippen LogP contribution in [0.3, 0.4) is 0 Å². The highest BCUT2D eigenvalue weighted by Crippen LogP contribution is 2.15. The molecule has 0 saturated carbocycles. The fourth-order valence-corrected chi connectivity index (χ4v) is 2.02. The van der Waals surface area contributed by atoms with Gasteiger partial charge in [0.15, 0.2) is 0 Å². The summed E-state index contributed by atoms with van der Waals surface area (Å²) >= 11 is 0. The summed E-state index contributed by atoms with van der Waals surface area (Å²) < 4.78 is 1.94. The first kappa shape index (κ1) is 16.8. The number of rotatable bonds is 7. The predicted molar refractivity (Wildman–Crippen MR) is 88.6 cm³/mol. The zero-order chi connectivity index (χ0) is 17.2. The first-order chi connectivity index (χ1) is 11.7. The van der Waals surface area contributed by atoms with E-state index in [-0.39, 0.29) is 11.5 Å². The minimum absolute atomic E-state index is 0.0643. The summed E-state index contributed by atoms with van der Waals surface area (Å²) in [6, 6.07) is 10.4. The molecule has 7 nitrogen and oxygen atoms in total. The molecule has 1 heterocycles. The van der Waals surface area contributed by atoms with Crippen LogP contribution in [0.2, 0.25) is 0 Å². The molecule has 7 heteroatoms. The molecule has 0 atom stereocenters. The second-order valence-electron chi connectivity index (χ2n) is 4.88. The normalized spacial score (nSPS) is 9.42. The van der Waals surface area contributed by atoms with Crippen LogP contribution >= 0.6 is 0 Å². The summed E-state index contributed by atoms with van der Waals surface area (Å²) in [7, 11) is 0. The van der Waals surface area contributed by atoms with Gasteiger partial charge in [0.05, 0.1) is 17.6 Å². The van der Waals surface area contributed by atoms with Crippen LogP contribution in [0.4, 0.5) is 5.69 Å². The number of hydrogen-bond donors (Lipinski definition) is 2. The van der Waals surface area contributed by atoms with E-state index in [0.717, 1.165) is 13.0 Å². The van der Waals surface area contributed by atoms with Crippen LogP contribution in [0.5, 0.6) is 0 Å². The lowest BCUT2D eigenvalue weighted by Crippen LogP contribution is -2.25. The Morgan fingerprint density at radius 2 is 2.08 bits per heavy atom. The quantitative estimate of drug-likeness (QED) is 0.600. The molecule has 120 valence electrons. The number of carbonyl (C=O) groups is 1. The minimum atomic E-state index is -0.215. The van der Waals surface area contributed by atoms with E-state index in [2.05, 4.69) is 15.6 Å². The largest absolute Gasteiger partial charge is 0.359 e. The van der Waals surface area contributed by atoms with Crippen LogP contribution in [-0.4, -0.2) is 22.0 Å². The van der Waals surface area contributed by atoms with E-state index < -0.39 is 0 Å². The van der Waals surface area contributed by atoms with E-state index in [1.165, 1.54) is 6.20 Å². The zero-order valence-corrected chi connectivity index (χ0v) is 12.9. The Labute approximate surface area is 139 Å². The average Bonchev–Trinajstić information content (AvgIpc) is 3.13. The molecule has 0 fully saturated rings. The van der Waals surface area contributed by atoms with Crippen LogP contribution in [0.15, 0.2) is 54.8 Å². The number of carbonyl (C=O) groups excluding carboxylic acids is 1. The molecule has 0 radical (unpaired) electrons.